The lowest BCUT2D eigenvalue weighted by atomic mass is 9.84. The van der Waals surface area contributed by atoms with Crippen molar-refractivity contribution in [1.29, 1.82) is 0 Å². The summed E-state index contributed by atoms with van der Waals surface area (Å²) in [5.74, 6) is -1.63. The van der Waals surface area contributed by atoms with E-state index < -0.39 is 162 Å². The van der Waals surface area contributed by atoms with Gasteiger partial charge in [-0.2, -0.15) is 0 Å². The summed E-state index contributed by atoms with van der Waals surface area (Å²) in [4.78, 5) is 66.7. The lowest BCUT2D eigenvalue weighted by Gasteiger charge is -2.50. The number of aliphatic hydroxyl groups excluding tert-OH is 9. The zero-order chi connectivity index (χ0) is 89.2. The fraction of sp³-hybridized carbons (Fsp3) is 0.958. The Labute approximate surface area is 738 Å². The number of hydrogen-bond donors (Lipinski definition) is 10. The molecule has 0 amide bonds. The zero-order valence-electron chi connectivity index (χ0n) is 77.4. The number of carbonyl (C=O) groups excluding carboxylic acids is 4. The first kappa shape index (κ1) is 114. The number of hydrogen-bond acceptors (Lipinski definition) is 24. The van der Waals surface area contributed by atoms with Crippen molar-refractivity contribution in [2.24, 2.45) is 11.8 Å². The van der Waals surface area contributed by atoms with Gasteiger partial charge in [0.25, 0.3) is 0 Å². The molecule has 20 unspecified atom stereocenters. The number of aliphatic hydroxyl groups is 9. The van der Waals surface area contributed by atoms with Crippen LogP contribution in [-0.4, -0.2) is 205 Å². The van der Waals surface area contributed by atoms with Crippen LogP contribution in [0.5, 0.6) is 0 Å². The van der Waals surface area contributed by atoms with Gasteiger partial charge in [-0.05, 0) is 37.5 Å². The highest BCUT2D eigenvalue weighted by Gasteiger charge is 2.60. The summed E-state index contributed by atoms with van der Waals surface area (Å²) >= 11 is 0. The Bertz CT molecular complexity index is 2560. The molecule has 720 valence electrons. The van der Waals surface area contributed by atoms with Crippen LogP contribution in [0.15, 0.2) is 0 Å². The third-order valence-electron chi connectivity index (χ3n) is 25.2. The van der Waals surface area contributed by atoms with E-state index >= 15 is 0 Å². The Morgan fingerprint density at radius 2 is 0.615 bits per heavy atom. The maximum Gasteiger partial charge on any atom is 0.472 e. The van der Waals surface area contributed by atoms with Gasteiger partial charge < -0.3 is 88.7 Å². The highest BCUT2D eigenvalue weighted by Crippen LogP contribution is 2.49. The molecule has 0 aromatic rings. The molecule has 10 N–H and O–H groups in total. The molecule has 0 aromatic carbocycles. The fourth-order valence-electron chi connectivity index (χ4n) is 17.0. The van der Waals surface area contributed by atoms with Crippen LogP contribution in [0.25, 0.3) is 0 Å². The van der Waals surface area contributed by atoms with Gasteiger partial charge >= 0.3 is 31.7 Å². The van der Waals surface area contributed by atoms with Crippen LogP contribution in [0.4, 0.5) is 0 Å². The molecule has 20 atom stereocenters. The summed E-state index contributed by atoms with van der Waals surface area (Å²) in [6.07, 6.45) is 29.3. The quantitative estimate of drug-likeness (QED) is 0.0117. The minimum absolute atomic E-state index is 0.0168. The van der Waals surface area contributed by atoms with E-state index in [4.69, 9.17) is 46.9 Å². The summed E-state index contributed by atoms with van der Waals surface area (Å²) in [6, 6.07) is 0. The second-order valence-corrected chi connectivity index (χ2v) is 38.0. The van der Waals surface area contributed by atoms with Crippen LogP contribution >= 0.6 is 7.82 Å². The van der Waals surface area contributed by atoms with Crippen molar-refractivity contribution in [1.82, 2.24) is 0 Å². The summed E-state index contributed by atoms with van der Waals surface area (Å²) in [5, 5.41) is 103. The molecule has 3 rings (SSSR count). The average molecular weight is 1770 g/mol. The second kappa shape index (κ2) is 73.2. The van der Waals surface area contributed by atoms with E-state index in [1.54, 1.807) is 0 Å². The second-order valence-electron chi connectivity index (χ2n) is 36.6. The Hall–Kier alpha value is -2.53. The van der Waals surface area contributed by atoms with Crippen molar-refractivity contribution in [3.8, 4) is 0 Å². The van der Waals surface area contributed by atoms with E-state index in [9.17, 15) is 74.6 Å². The van der Waals surface area contributed by atoms with Gasteiger partial charge in [0.2, 0.25) is 0 Å². The topological polar surface area (TPSA) is 380 Å². The third kappa shape index (κ3) is 53.0. The van der Waals surface area contributed by atoms with Crippen molar-refractivity contribution < 1.29 is 122 Å². The predicted molar refractivity (Wildman–Crippen MR) is 476 cm³/mol. The van der Waals surface area contributed by atoms with Crippen LogP contribution in [-0.2, 0) is 70.7 Å². The van der Waals surface area contributed by atoms with Crippen molar-refractivity contribution in [3.05, 3.63) is 0 Å². The molecule has 1 saturated carbocycles. The number of rotatable bonds is 81. The van der Waals surface area contributed by atoms with E-state index in [-0.39, 0.29) is 25.7 Å². The number of unbranched alkanes of at least 4 members (excludes halogenated alkanes) is 49. The third-order valence-corrected chi connectivity index (χ3v) is 26.1. The van der Waals surface area contributed by atoms with Gasteiger partial charge in [0.05, 0.1) is 13.2 Å². The Morgan fingerprint density at radius 1 is 0.320 bits per heavy atom. The largest absolute Gasteiger partial charge is 0.472 e. The Morgan fingerprint density at radius 3 is 0.975 bits per heavy atom. The number of esters is 4. The molecule has 2 saturated heterocycles. The number of ether oxygens (including phenoxy) is 8. The Kier molecular flexibility index (Phi) is 68.2. The van der Waals surface area contributed by atoms with Crippen molar-refractivity contribution >= 4 is 31.7 Å². The molecule has 25 nitrogen and oxygen atoms in total. The van der Waals surface area contributed by atoms with Gasteiger partial charge in [0, 0.05) is 25.7 Å². The molecule has 2 heterocycles. The lowest BCUT2D eigenvalue weighted by molar-refractivity contribution is -0.360. The lowest BCUT2D eigenvalue weighted by Crippen LogP contribution is -2.70. The standard InChI is InChI=1S/C96H181O25P/c1-7-11-15-19-23-25-27-29-31-33-35-37-39-41-52-60-68-81(100)115-76(71-112-79(98)66-58-50-40-38-36-34-32-30-28-26-24-20-16-12-8-2)72-114-122(110,111)121-94-92(119-95-89(108)85(104)83(102)77(70-97)116-95)88(107)87(106)91(118-82(101)69-61-53-45-43-49-57-65-75(6)63-55-47-22-18-14-10-4)93(94)120-96-90(109)86(105)84(103)78(117-96)73-113-80(99)67-59-51-44-42-48-56-64-74(5)62-54-46-21-17-13-9-3/h74-78,83-97,102-109H,7-73H2,1-6H3,(H,110,111). The molecule has 2 aliphatic heterocycles. The van der Waals surface area contributed by atoms with Crippen LogP contribution in [0.3, 0.4) is 0 Å². The maximum absolute atomic E-state index is 15.0. The summed E-state index contributed by atoms with van der Waals surface area (Å²) < 4.78 is 73.7. The van der Waals surface area contributed by atoms with Crippen LogP contribution in [0, 0.1) is 11.8 Å². The highest BCUT2D eigenvalue weighted by molar-refractivity contribution is 7.47. The van der Waals surface area contributed by atoms with Crippen molar-refractivity contribution in [2.45, 2.75) is 550 Å². The molecule has 0 radical (unpaired) electrons. The highest BCUT2D eigenvalue weighted by atomic mass is 31.2. The van der Waals surface area contributed by atoms with Gasteiger partial charge in [-0.25, -0.2) is 4.57 Å². The molecule has 0 aromatic heterocycles. The van der Waals surface area contributed by atoms with E-state index in [0.29, 0.717) is 43.9 Å². The molecule has 0 bridgehead atoms. The number of phosphoric acid groups is 1. The van der Waals surface area contributed by atoms with Gasteiger partial charge in [-0.15, -0.1) is 0 Å². The molecule has 0 spiro atoms. The van der Waals surface area contributed by atoms with Crippen LogP contribution in [0.1, 0.15) is 446 Å². The molecule has 26 heteroatoms. The van der Waals surface area contributed by atoms with Crippen molar-refractivity contribution in [2.75, 3.05) is 26.4 Å². The summed E-state index contributed by atoms with van der Waals surface area (Å²) in [7, 11) is -5.81. The maximum atomic E-state index is 15.0. The fourth-order valence-corrected chi connectivity index (χ4v) is 18.0. The average Bonchev–Trinajstić information content (AvgIpc) is 0.753. The first-order valence-corrected chi connectivity index (χ1v) is 51.5. The van der Waals surface area contributed by atoms with E-state index in [1.807, 2.05) is 0 Å². The molecular formula is C96H181O25P. The SMILES string of the molecule is CCCCCCCCCCCCCCCCCCC(=O)OC(COC(=O)CCCCCCCCCCCCCCCCC)COP(=O)(O)OC1C(OC2OC(CO)C(O)C(O)C2O)C(O)C(O)C(OC(=O)CCCCCCCCC(C)CCCCCCCC)C1OC1OC(COC(=O)CCCCCCCCC(C)CCCCCCCC)C(O)C(O)C1O. The molecule has 122 heavy (non-hydrogen) atoms. The van der Waals surface area contributed by atoms with Crippen LogP contribution < -0.4 is 0 Å². The zero-order valence-corrected chi connectivity index (χ0v) is 78.3. The Balaban J connectivity index is 1.91. The van der Waals surface area contributed by atoms with Crippen LogP contribution in [0.2, 0.25) is 0 Å². The molecule has 3 fully saturated rings. The molecule has 3 aliphatic rings. The van der Waals surface area contributed by atoms with E-state index in [2.05, 4.69) is 41.5 Å². The number of phosphoric ester groups is 1. The monoisotopic (exact) mass is 1770 g/mol. The minimum atomic E-state index is -5.81. The molecule has 1 aliphatic carbocycles. The summed E-state index contributed by atoms with van der Waals surface area (Å²) in [6.45, 7) is 10.3. The molecular weight excluding hydrogens is 1580 g/mol. The van der Waals surface area contributed by atoms with Gasteiger partial charge in [0.1, 0.15) is 92.6 Å². The normalized spacial score (nSPS) is 25.0. The van der Waals surface area contributed by atoms with Gasteiger partial charge in [-0.3, -0.25) is 28.2 Å². The minimum Gasteiger partial charge on any atom is -0.463 e. The smallest absolute Gasteiger partial charge is 0.463 e. The first-order valence-electron chi connectivity index (χ1n) is 50.1. The number of carbonyl (C=O) groups is 4. The van der Waals surface area contributed by atoms with Crippen molar-refractivity contribution in [3.63, 3.8) is 0 Å². The van der Waals surface area contributed by atoms with E-state index in [1.165, 1.54) is 218 Å². The predicted octanol–water partition coefficient (Wildman–Crippen LogP) is 19.4. The van der Waals surface area contributed by atoms with E-state index in [0.717, 1.165) is 128 Å². The van der Waals surface area contributed by atoms with Gasteiger partial charge in [0.15, 0.2) is 24.8 Å². The van der Waals surface area contributed by atoms with Gasteiger partial charge in [-0.1, -0.05) is 395 Å². The first-order chi connectivity index (χ1) is 59.0. The summed E-state index contributed by atoms with van der Waals surface area (Å²) in [5.41, 5.74) is 0.